The number of rotatable bonds is 3. The molecule has 2 nitrogen and oxygen atoms in total. The molecule has 2 heterocycles. The van der Waals surface area contributed by atoms with Crippen LogP contribution in [-0.2, 0) is 0 Å². The Morgan fingerprint density at radius 1 is 0.905 bits per heavy atom. The Morgan fingerprint density at radius 3 is 2.05 bits per heavy atom. The van der Waals surface area contributed by atoms with E-state index in [0.29, 0.717) is 12.1 Å². The number of fused-ring (bicyclic) bond motifs is 1. The smallest absolute Gasteiger partial charge is 0.0798 e. The first-order valence-corrected chi connectivity index (χ1v) is 8.56. The van der Waals surface area contributed by atoms with E-state index in [2.05, 4.69) is 69.4 Å². The van der Waals surface area contributed by atoms with Gasteiger partial charge in [0.15, 0.2) is 0 Å². The van der Waals surface area contributed by atoms with Crippen LogP contribution in [0.3, 0.4) is 0 Å². The average molecular weight is 344 g/mol. The van der Waals surface area contributed by atoms with Crippen molar-refractivity contribution in [1.82, 2.24) is 4.90 Å². The van der Waals surface area contributed by atoms with Crippen LogP contribution in [0.1, 0.15) is 23.1 Å². The monoisotopic (exact) mass is 343 g/mol. The van der Waals surface area contributed by atoms with Gasteiger partial charge >= 0.3 is 0 Å². The van der Waals surface area contributed by atoms with E-state index in [9.17, 15) is 5.11 Å². The fraction of sp³-hybridized carbons (Fsp3) is 0.333. The lowest BCUT2D eigenvalue weighted by Gasteiger charge is -2.26. The second-order valence-corrected chi connectivity index (χ2v) is 6.59. The molecule has 108 valence electrons. The zero-order valence-electron chi connectivity index (χ0n) is 11.6. The van der Waals surface area contributed by atoms with Crippen molar-refractivity contribution in [1.29, 1.82) is 0 Å². The Hall–Kier alpha value is -1.16. The molecule has 2 saturated heterocycles. The van der Waals surface area contributed by atoms with Gasteiger partial charge in [-0.1, -0.05) is 76.6 Å². The topological polar surface area (TPSA) is 23.2 Å². The molecule has 0 saturated carbocycles. The van der Waals surface area contributed by atoms with Gasteiger partial charge in [-0.05, 0) is 11.1 Å². The summed E-state index contributed by atoms with van der Waals surface area (Å²) in [6, 6.07) is 21.9. The van der Waals surface area contributed by atoms with Crippen molar-refractivity contribution in [3.63, 3.8) is 0 Å². The van der Waals surface area contributed by atoms with Gasteiger partial charge in [-0.2, -0.15) is 0 Å². The molecule has 0 aliphatic carbocycles. The molecule has 2 aliphatic rings. The minimum Gasteiger partial charge on any atom is -0.391 e. The first-order valence-electron chi connectivity index (χ1n) is 7.44. The number of aliphatic hydroxyl groups is 1. The van der Waals surface area contributed by atoms with Crippen LogP contribution in [0.25, 0.3) is 0 Å². The third-order valence-corrected chi connectivity index (χ3v) is 5.56. The maximum absolute atomic E-state index is 10.8. The Morgan fingerprint density at radius 2 is 1.48 bits per heavy atom. The van der Waals surface area contributed by atoms with Crippen molar-refractivity contribution in [3.05, 3.63) is 71.8 Å². The fourth-order valence-corrected chi connectivity index (χ4v) is 4.71. The van der Waals surface area contributed by atoms with Gasteiger partial charge in [0.1, 0.15) is 0 Å². The average Bonchev–Trinajstić information content (AvgIpc) is 3.21. The predicted octanol–water partition coefficient (Wildman–Crippen LogP) is 3.33. The molecule has 1 unspecified atom stereocenters. The van der Waals surface area contributed by atoms with Crippen molar-refractivity contribution in [2.75, 3.05) is 5.33 Å². The van der Waals surface area contributed by atoms with Gasteiger partial charge < -0.3 is 5.11 Å². The molecule has 2 fully saturated rings. The van der Waals surface area contributed by atoms with Crippen molar-refractivity contribution < 1.29 is 5.11 Å². The van der Waals surface area contributed by atoms with Crippen LogP contribution in [-0.4, -0.2) is 33.5 Å². The van der Waals surface area contributed by atoms with Crippen molar-refractivity contribution in [2.24, 2.45) is 0 Å². The zero-order valence-corrected chi connectivity index (χ0v) is 13.2. The molecule has 0 amide bonds. The lowest BCUT2D eigenvalue weighted by molar-refractivity contribution is 0.152. The van der Waals surface area contributed by atoms with E-state index in [4.69, 9.17) is 0 Å². The molecule has 0 bridgehead atoms. The first kappa shape index (κ1) is 13.5. The minimum atomic E-state index is -0.292. The van der Waals surface area contributed by atoms with E-state index in [1.807, 2.05) is 12.1 Å². The molecular formula is C18H18BrNO. The number of benzene rings is 2. The number of hydrogen-bond acceptors (Lipinski definition) is 2. The van der Waals surface area contributed by atoms with E-state index in [-0.39, 0.29) is 18.1 Å². The van der Waals surface area contributed by atoms with Crippen LogP contribution in [0, 0.1) is 0 Å². The molecule has 6 atom stereocenters. The summed E-state index contributed by atoms with van der Waals surface area (Å²) >= 11 is 3.66. The highest BCUT2D eigenvalue weighted by Gasteiger charge is 2.64. The Bertz CT molecular complexity index is 618. The lowest BCUT2D eigenvalue weighted by atomic mass is 9.86. The van der Waals surface area contributed by atoms with Crippen LogP contribution in [0.15, 0.2) is 60.7 Å². The number of hydrogen-bond donors (Lipinski definition) is 1. The highest BCUT2D eigenvalue weighted by molar-refractivity contribution is 9.09. The summed E-state index contributed by atoms with van der Waals surface area (Å²) in [5, 5.41) is 11.7. The molecule has 0 radical (unpaired) electrons. The van der Waals surface area contributed by atoms with E-state index in [0.717, 1.165) is 5.33 Å². The van der Waals surface area contributed by atoms with E-state index >= 15 is 0 Å². The SMILES string of the molecule is O[C@H]1[C@H](c2ccccc2)[C@H](CBr)N2[C@@H]1[C@H]2c1ccccc1. The van der Waals surface area contributed by atoms with Gasteiger partial charge in [0, 0.05) is 17.3 Å². The van der Waals surface area contributed by atoms with E-state index in [1.54, 1.807) is 0 Å². The Balaban J connectivity index is 1.63. The molecule has 0 aromatic heterocycles. The van der Waals surface area contributed by atoms with Crippen molar-refractivity contribution in [2.45, 2.75) is 30.1 Å². The molecule has 1 N–H and O–H groups in total. The normalized spacial score (nSPS) is 37.2. The Kier molecular flexibility index (Phi) is 3.37. The fourth-order valence-electron chi connectivity index (χ4n) is 3.97. The minimum absolute atomic E-state index is 0.204. The van der Waals surface area contributed by atoms with Crippen molar-refractivity contribution >= 4 is 15.9 Å². The van der Waals surface area contributed by atoms with Crippen LogP contribution >= 0.6 is 15.9 Å². The van der Waals surface area contributed by atoms with Crippen molar-refractivity contribution in [3.8, 4) is 0 Å². The summed E-state index contributed by atoms with van der Waals surface area (Å²) in [5.74, 6) is 0.204. The maximum Gasteiger partial charge on any atom is 0.0798 e. The van der Waals surface area contributed by atoms with Gasteiger partial charge in [-0.3, -0.25) is 4.90 Å². The largest absolute Gasteiger partial charge is 0.391 e. The third kappa shape index (κ3) is 2.07. The van der Waals surface area contributed by atoms with Gasteiger partial charge in [0.25, 0.3) is 0 Å². The first-order chi connectivity index (χ1) is 10.3. The van der Waals surface area contributed by atoms with Gasteiger partial charge in [-0.25, -0.2) is 0 Å². The summed E-state index contributed by atoms with van der Waals surface area (Å²) in [4.78, 5) is 2.46. The maximum atomic E-state index is 10.8. The number of halogens is 1. The molecule has 2 aliphatic heterocycles. The summed E-state index contributed by atoms with van der Waals surface area (Å²) in [6.07, 6.45) is -0.292. The molecule has 0 spiro atoms. The molecule has 2 aromatic carbocycles. The summed E-state index contributed by atoms with van der Waals surface area (Å²) < 4.78 is 0. The molecule has 3 heteroatoms. The summed E-state index contributed by atoms with van der Waals surface area (Å²) in [7, 11) is 0. The number of alkyl halides is 1. The number of piperidine rings is 1. The number of aliphatic hydroxyl groups excluding tert-OH is 1. The third-order valence-electron chi connectivity index (χ3n) is 4.90. The molecular weight excluding hydrogens is 326 g/mol. The highest BCUT2D eigenvalue weighted by Crippen LogP contribution is 2.57. The molecule has 21 heavy (non-hydrogen) atoms. The van der Waals surface area contributed by atoms with Gasteiger partial charge in [-0.15, -0.1) is 0 Å². The highest BCUT2D eigenvalue weighted by atomic mass is 79.9. The van der Waals surface area contributed by atoms with E-state index in [1.165, 1.54) is 11.1 Å². The van der Waals surface area contributed by atoms with Crippen LogP contribution < -0.4 is 0 Å². The van der Waals surface area contributed by atoms with Crippen LogP contribution in [0.5, 0.6) is 0 Å². The Labute approximate surface area is 133 Å². The summed E-state index contributed by atoms with van der Waals surface area (Å²) in [5.41, 5.74) is 2.56. The molecule has 4 rings (SSSR count). The zero-order chi connectivity index (χ0) is 14.4. The predicted molar refractivity (Wildman–Crippen MR) is 87.6 cm³/mol. The second-order valence-electron chi connectivity index (χ2n) is 5.94. The second kappa shape index (κ2) is 5.24. The van der Waals surface area contributed by atoms with Crippen LogP contribution in [0.2, 0.25) is 0 Å². The van der Waals surface area contributed by atoms with Gasteiger partial charge in [0.05, 0.1) is 18.2 Å². The van der Waals surface area contributed by atoms with Crippen LogP contribution in [0.4, 0.5) is 0 Å². The number of nitrogens with zero attached hydrogens (tertiary/aromatic N) is 1. The molecule has 2 aromatic rings. The van der Waals surface area contributed by atoms with E-state index < -0.39 is 0 Å². The lowest BCUT2D eigenvalue weighted by Crippen LogP contribution is -2.31. The van der Waals surface area contributed by atoms with Gasteiger partial charge in [0.2, 0.25) is 0 Å². The summed E-state index contributed by atoms with van der Waals surface area (Å²) in [6.45, 7) is 0. The standard InChI is InChI=1S/C18H18BrNO/c19-11-14-15(12-7-3-1-4-8-12)18(21)17-16(20(14)17)13-9-5-2-6-10-13/h1-10,14-18,21H,11H2/t14-,15+,16+,17+,18-,20?/m0/s1. The quantitative estimate of drug-likeness (QED) is 0.682.